The third-order valence-electron chi connectivity index (χ3n) is 9.09. The molecule has 5 nitrogen and oxygen atoms in total. The highest BCUT2D eigenvalue weighted by Gasteiger charge is 2.51. The molecule has 0 aliphatic heterocycles. The van der Waals surface area contributed by atoms with Crippen molar-refractivity contribution in [3.8, 4) is 0 Å². The Morgan fingerprint density at radius 3 is 2.57 bits per heavy atom. The summed E-state index contributed by atoms with van der Waals surface area (Å²) < 4.78 is 5.97. The number of carbonyl (C=O) groups is 1. The second-order valence-electron chi connectivity index (χ2n) is 11.8. The third-order valence-corrected chi connectivity index (χ3v) is 9.09. The lowest BCUT2D eigenvalue weighted by Crippen LogP contribution is -2.40. The first-order valence-corrected chi connectivity index (χ1v) is 13.9. The number of fused-ring (bicyclic) bond motifs is 1. The Morgan fingerprint density at radius 1 is 1.23 bits per heavy atom. The Bertz CT molecular complexity index is 821. The van der Waals surface area contributed by atoms with Crippen LogP contribution in [0.5, 0.6) is 0 Å². The molecule has 0 saturated heterocycles. The largest absolute Gasteiger partial charge is 0.462 e. The molecule has 3 saturated carbocycles. The fraction of sp³-hybridized carbons (Fsp3) is 0.767. The van der Waals surface area contributed by atoms with Crippen molar-refractivity contribution in [1.82, 2.24) is 0 Å². The predicted octanol–water partition coefficient (Wildman–Crippen LogP) is 5.78. The highest BCUT2D eigenvalue weighted by Crippen LogP contribution is 2.58. The predicted molar refractivity (Wildman–Crippen MR) is 140 cm³/mol. The van der Waals surface area contributed by atoms with E-state index in [0.717, 1.165) is 56.1 Å². The van der Waals surface area contributed by atoms with Crippen molar-refractivity contribution in [1.29, 1.82) is 0 Å². The van der Waals surface area contributed by atoms with Gasteiger partial charge in [0.15, 0.2) is 0 Å². The number of rotatable bonds is 9. The summed E-state index contributed by atoms with van der Waals surface area (Å²) in [7, 11) is 0. The van der Waals surface area contributed by atoms with Gasteiger partial charge in [0.25, 0.3) is 0 Å². The van der Waals surface area contributed by atoms with E-state index in [4.69, 9.17) is 4.74 Å². The van der Waals surface area contributed by atoms with Crippen molar-refractivity contribution in [2.75, 3.05) is 0 Å². The molecule has 0 heterocycles. The van der Waals surface area contributed by atoms with Crippen molar-refractivity contribution in [3.05, 3.63) is 35.5 Å². The van der Waals surface area contributed by atoms with Crippen molar-refractivity contribution in [2.45, 2.75) is 129 Å². The molecule has 0 spiro atoms. The molecular formula is C30H48O5. The maximum absolute atomic E-state index is 12.8. The zero-order valence-corrected chi connectivity index (χ0v) is 22.4. The van der Waals surface area contributed by atoms with Crippen LogP contribution in [-0.4, -0.2) is 45.2 Å². The number of aliphatic hydroxyl groups excluding tert-OH is 2. The molecule has 0 amide bonds. The fourth-order valence-corrected chi connectivity index (χ4v) is 7.35. The Balaban J connectivity index is 1.69. The van der Waals surface area contributed by atoms with Gasteiger partial charge >= 0.3 is 5.97 Å². The summed E-state index contributed by atoms with van der Waals surface area (Å²) in [5, 5.41) is 31.1. The lowest BCUT2D eigenvalue weighted by atomic mass is 9.62. The van der Waals surface area contributed by atoms with E-state index in [1.807, 2.05) is 20.8 Å². The van der Waals surface area contributed by atoms with Gasteiger partial charge in [-0.15, -0.1) is 0 Å². The van der Waals surface area contributed by atoms with E-state index in [0.29, 0.717) is 37.5 Å². The van der Waals surface area contributed by atoms with Crippen molar-refractivity contribution in [3.63, 3.8) is 0 Å². The van der Waals surface area contributed by atoms with Gasteiger partial charge in [0, 0.05) is 12.3 Å². The van der Waals surface area contributed by atoms with Crippen LogP contribution in [0, 0.1) is 17.3 Å². The summed E-state index contributed by atoms with van der Waals surface area (Å²) in [6.07, 6.45) is 12.2. The molecule has 3 N–H and O–H groups in total. The van der Waals surface area contributed by atoms with E-state index < -0.39 is 17.8 Å². The lowest BCUT2D eigenvalue weighted by molar-refractivity contribution is -0.159. The summed E-state index contributed by atoms with van der Waals surface area (Å²) in [4.78, 5) is 12.8. The number of allylic oxidation sites excluding steroid dienone is 3. The minimum atomic E-state index is -0.957. The summed E-state index contributed by atoms with van der Waals surface area (Å²) in [6.45, 7) is 12.5. The average molecular weight is 489 g/mol. The van der Waals surface area contributed by atoms with Gasteiger partial charge in [0.05, 0.1) is 24.2 Å². The van der Waals surface area contributed by atoms with Crippen LogP contribution in [0.1, 0.15) is 105 Å². The monoisotopic (exact) mass is 488 g/mol. The van der Waals surface area contributed by atoms with E-state index >= 15 is 0 Å². The molecule has 6 atom stereocenters. The van der Waals surface area contributed by atoms with E-state index in [1.54, 1.807) is 0 Å². The fourth-order valence-electron chi connectivity index (χ4n) is 7.35. The average Bonchev–Trinajstić information content (AvgIpc) is 3.12. The van der Waals surface area contributed by atoms with E-state index in [-0.39, 0.29) is 23.9 Å². The molecule has 0 aromatic carbocycles. The van der Waals surface area contributed by atoms with Crippen LogP contribution in [0.4, 0.5) is 0 Å². The number of hydrogen-bond acceptors (Lipinski definition) is 5. The molecule has 3 aliphatic carbocycles. The number of esters is 1. The van der Waals surface area contributed by atoms with Gasteiger partial charge in [-0.1, -0.05) is 57.9 Å². The highest BCUT2D eigenvalue weighted by molar-refractivity contribution is 5.71. The van der Waals surface area contributed by atoms with Crippen LogP contribution in [0.15, 0.2) is 35.5 Å². The highest BCUT2D eigenvalue weighted by atomic mass is 16.5. The normalized spacial score (nSPS) is 34.8. The molecule has 35 heavy (non-hydrogen) atoms. The van der Waals surface area contributed by atoms with Crippen molar-refractivity contribution >= 4 is 5.97 Å². The molecule has 3 aliphatic rings. The van der Waals surface area contributed by atoms with Crippen LogP contribution >= 0.6 is 0 Å². The molecule has 5 heteroatoms. The first-order valence-electron chi connectivity index (χ1n) is 13.9. The third kappa shape index (κ3) is 6.47. The summed E-state index contributed by atoms with van der Waals surface area (Å²) in [5.74, 6) is 0.466. The van der Waals surface area contributed by atoms with Crippen LogP contribution in [0.2, 0.25) is 0 Å². The SMILES string of the molecule is C=C1/C(=C\C=C2/CCC[C@]3(C)[C@@H]([C@H](C)OC(=O)CC(O)(CCC)CCC)CC[C@@H]23)C[C@@H](O)C[C@@H]1O. The van der Waals surface area contributed by atoms with Crippen LogP contribution in [0.3, 0.4) is 0 Å². The summed E-state index contributed by atoms with van der Waals surface area (Å²) >= 11 is 0. The van der Waals surface area contributed by atoms with E-state index in [9.17, 15) is 20.1 Å². The maximum atomic E-state index is 12.8. The number of hydrogen-bond donors (Lipinski definition) is 3. The topological polar surface area (TPSA) is 87.0 Å². The maximum Gasteiger partial charge on any atom is 0.308 e. The number of carbonyl (C=O) groups excluding carboxylic acids is 1. The van der Waals surface area contributed by atoms with Gasteiger partial charge in [-0.3, -0.25) is 4.79 Å². The molecule has 0 bridgehead atoms. The molecule has 0 aromatic heterocycles. The minimum absolute atomic E-state index is 0.0756. The van der Waals surface area contributed by atoms with Gasteiger partial charge in [-0.25, -0.2) is 0 Å². The van der Waals surface area contributed by atoms with Crippen LogP contribution in [0.25, 0.3) is 0 Å². The Hall–Kier alpha value is -1.43. The van der Waals surface area contributed by atoms with Gasteiger partial charge < -0.3 is 20.1 Å². The molecule has 0 unspecified atom stereocenters. The second kappa shape index (κ2) is 11.7. The molecule has 3 fully saturated rings. The molecule has 198 valence electrons. The van der Waals surface area contributed by atoms with Gasteiger partial charge in [0.1, 0.15) is 6.10 Å². The first kappa shape index (κ1) is 28.1. The van der Waals surface area contributed by atoms with E-state index in [1.165, 1.54) is 5.57 Å². The quantitative estimate of drug-likeness (QED) is 0.358. The smallest absolute Gasteiger partial charge is 0.308 e. The standard InChI is InChI=1S/C30H48O5/c1-6-14-30(34,15-7-2)19-28(33)35-21(4)25-12-13-26-22(9-8-16-29(25,26)5)10-11-23-17-24(31)18-27(32)20(23)3/h10-11,21,24-27,31-32,34H,3,6-9,12-19H2,1-2,4-5H3/b22-10+,23-11-/t21-,24+,25+,26-,27-,29+/m0/s1. The Labute approximate surface area is 212 Å². The van der Waals surface area contributed by atoms with Gasteiger partial charge in [0.2, 0.25) is 0 Å². The first-order chi connectivity index (χ1) is 16.5. The molecule has 0 radical (unpaired) electrons. The minimum Gasteiger partial charge on any atom is -0.462 e. The Morgan fingerprint density at radius 2 is 1.91 bits per heavy atom. The van der Waals surface area contributed by atoms with Gasteiger partial charge in [-0.05, 0) is 80.8 Å². The number of ether oxygens (including phenoxy) is 1. The molecule has 0 aromatic rings. The van der Waals surface area contributed by atoms with Crippen molar-refractivity contribution in [2.24, 2.45) is 17.3 Å². The number of aliphatic hydroxyl groups is 3. The van der Waals surface area contributed by atoms with E-state index in [2.05, 4.69) is 25.7 Å². The summed E-state index contributed by atoms with van der Waals surface area (Å²) in [6, 6.07) is 0. The zero-order chi connectivity index (χ0) is 25.8. The zero-order valence-electron chi connectivity index (χ0n) is 22.4. The Kier molecular flexibility index (Phi) is 9.45. The van der Waals surface area contributed by atoms with Crippen LogP contribution < -0.4 is 0 Å². The van der Waals surface area contributed by atoms with Gasteiger partial charge in [-0.2, -0.15) is 0 Å². The van der Waals surface area contributed by atoms with Crippen molar-refractivity contribution < 1.29 is 24.9 Å². The molecular weight excluding hydrogens is 440 g/mol. The summed E-state index contributed by atoms with van der Waals surface area (Å²) in [5.41, 5.74) is 2.21. The molecule has 3 rings (SSSR count). The lowest BCUT2D eigenvalue weighted by Gasteiger charge is -2.44. The van der Waals surface area contributed by atoms with Crippen LogP contribution in [-0.2, 0) is 9.53 Å². The second-order valence-corrected chi connectivity index (χ2v) is 11.8.